The summed E-state index contributed by atoms with van der Waals surface area (Å²) < 4.78 is 4.74. The largest absolute Gasteiger partial charge is 0.446 e. The zero-order valence-electron chi connectivity index (χ0n) is 5.46. The summed E-state index contributed by atoms with van der Waals surface area (Å²) in [4.78, 5) is 10.5. The molecule has 1 rings (SSSR count). The molecule has 2 N–H and O–H groups in total. The van der Waals surface area contributed by atoms with Gasteiger partial charge in [0, 0.05) is 12.3 Å². The number of carbonyl (C=O) groups is 1. The molecule has 0 aliphatic carbocycles. The summed E-state index contributed by atoms with van der Waals surface area (Å²) >= 11 is 0. The molecule has 0 bridgehead atoms. The Morgan fingerprint density at radius 1 is 1.78 bits per heavy atom. The van der Waals surface area contributed by atoms with Crippen LogP contribution in [0.4, 0.5) is 0 Å². The van der Waals surface area contributed by atoms with E-state index in [2.05, 4.69) is 0 Å². The van der Waals surface area contributed by atoms with E-state index in [0.717, 1.165) is 6.42 Å². The lowest BCUT2D eigenvalue weighted by atomic mass is 10.0. The van der Waals surface area contributed by atoms with Crippen molar-refractivity contribution in [2.24, 2.45) is 11.7 Å². The molecule has 2 atom stereocenters. The van der Waals surface area contributed by atoms with Crippen molar-refractivity contribution in [3.8, 4) is 0 Å². The fraction of sp³-hybridized carbons (Fsp3) is 0.833. The molecule has 1 aliphatic heterocycles. The van der Waals surface area contributed by atoms with E-state index in [0.29, 0.717) is 12.3 Å². The third-order valence-electron chi connectivity index (χ3n) is 1.63. The average Bonchev–Trinajstić information content (AvgIpc) is 1.80. The van der Waals surface area contributed by atoms with Gasteiger partial charge < -0.3 is 4.74 Å². The monoisotopic (exact) mass is 129 g/mol. The fourth-order valence-electron chi connectivity index (χ4n) is 0.837. The van der Waals surface area contributed by atoms with Gasteiger partial charge in [-0.3, -0.25) is 10.5 Å². The molecule has 0 saturated carbocycles. The van der Waals surface area contributed by atoms with Crippen LogP contribution in [-0.4, -0.2) is 12.2 Å². The number of esters is 1. The minimum absolute atomic E-state index is 0.166. The highest BCUT2D eigenvalue weighted by Gasteiger charge is 2.23. The topological polar surface area (TPSA) is 52.3 Å². The Morgan fingerprint density at radius 3 is 2.89 bits per heavy atom. The van der Waals surface area contributed by atoms with Crippen LogP contribution in [0, 0.1) is 5.92 Å². The van der Waals surface area contributed by atoms with Gasteiger partial charge in [-0.25, -0.2) is 0 Å². The Kier molecular flexibility index (Phi) is 1.71. The van der Waals surface area contributed by atoms with Gasteiger partial charge in [0.05, 0.1) is 0 Å². The van der Waals surface area contributed by atoms with Crippen molar-refractivity contribution in [1.29, 1.82) is 0 Å². The molecule has 1 fully saturated rings. The Bertz CT molecular complexity index is 124. The van der Waals surface area contributed by atoms with Gasteiger partial charge >= 0.3 is 5.97 Å². The highest BCUT2D eigenvalue weighted by molar-refractivity contribution is 5.70. The first-order chi connectivity index (χ1) is 4.20. The van der Waals surface area contributed by atoms with Gasteiger partial charge in [0.15, 0.2) is 6.23 Å². The van der Waals surface area contributed by atoms with Crippen molar-refractivity contribution in [2.45, 2.75) is 26.0 Å². The molecular weight excluding hydrogens is 118 g/mol. The van der Waals surface area contributed by atoms with Gasteiger partial charge in [0.25, 0.3) is 0 Å². The lowest BCUT2D eigenvalue weighted by Crippen LogP contribution is -2.37. The predicted octanol–water partition coefficient (Wildman–Crippen LogP) is 0.244. The molecule has 0 spiro atoms. The van der Waals surface area contributed by atoms with Gasteiger partial charge in [0.2, 0.25) is 0 Å². The molecule has 0 amide bonds. The van der Waals surface area contributed by atoms with Gasteiger partial charge in [-0.2, -0.15) is 0 Å². The molecule has 52 valence electrons. The zero-order chi connectivity index (χ0) is 6.85. The number of cyclic esters (lactones) is 1. The number of hydrogen-bond donors (Lipinski definition) is 1. The van der Waals surface area contributed by atoms with Crippen molar-refractivity contribution in [2.75, 3.05) is 0 Å². The van der Waals surface area contributed by atoms with E-state index in [1.54, 1.807) is 0 Å². The van der Waals surface area contributed by atoms with E-state index in [4.69, 9.17) is 10.5 Å². The Hall–Kier alpha value is -0.570. The number of hydrogen-bond acceptors (Lipinski definition) is 3. The first-order valence-corrected chi connectivity index (χ1v) is 3.15. The highest BCUT2D eigenvalue weighted by atomic mass is 16.6. The summed E-state index contributed by atoms with van der Waals surface area (Å²) in [6, 6.07) is 0. The Balaban J connectivity index is 2.44. The van der Waals surface area contributed by atoms with Crippen LogP contribution in [0.15, 0.2) is 0 Å². The minimum Gasteiger partial charge on any atom is -0.446 e. The predicted molar refractivity (Wildman–Crippen MR) is 32.5 cm³/mol. The van der Waals surface area contributed by atoms with E-state index in [-0.39, 0.29) is 12.2 Å². The van der Waals surface area contributed by atoms with Crippen molar-refractivity contribution in [3.63, 3.8) is 0 Å². The molecule has 2 unspecified atom stereocenters. The van der Waals surface area contributed by atoms with E-state index >= 15 is 0 Å². The fourth-order valence-corrected chi connectivity index (χ4v) is 0.837. The van der Waals surface area contributed by atoms with Crippen LogP contribution >= 0.6 is 0 Å². The SMILES string of the molecule is CC1CCC(=O)OC1N. The van der Waals surface area contributed by atoms with Gasteiger partial charge in [0.1, 0.15) is 0 Å². The van der Waals surface area contributed by atoms with E-state index in [1.165, 1.54) is 0 Å². The molecule has 9 heavy (non-hydrogen) atoms. The summed E-state index contributed by atoms with van der Waals surface area (Å²) in [7, 11) is 0. The van der Waals surface area contributed by atoms with Crippen LogP contribution in [0.3, 0.4) is 0 Å². The van der Waals surface area contributed by atoms with Crippen LogP contribution in [0.2, 0.25) is 0 Å². The molecule has 0 aromatic heterocycles. The average molecular weight is 129 g/mol. The quantitative estimate of drug-likeness (QED) is 0.477. The third kappa shape index (κ3) is 1.42. The maximum Gasteiger partial charge on any atom is 0.307 e. The molecular formula is C6H11NO2. The van der Waals surface area contributed by atoms with Crippen LogP contribution < -0.4 is 5.73 Å². The zero-order valence-corrected chi connectivity index (χ0v) is 5.46. The lowest BCUT2D eigenvalue weighted by Gasteiger charge is -2.24. The smallest absolute Gasteiger partial charge is 0.307 e. The Morgan fingerprint density at radius 2 is 2.44 bits per heavy atom. The third-order valence-corrected chi connectivity index (χ3v) is 1.63. The van der Waals surface area contributed by atoms with Crippen LogP contribution in [0.25, 0.3) is 0 Å². The maximum atomic E-state index is 10.5. The summed E-state index contributed by atoms with van der Waals surface area (Å²) in [5.74, 6) is 0.156. The first kappa shape index (κ1) is 6.55. The second-order valence-electron chi connectivity index (χ2n) is 2.47. The molecule has 1 heterocycles. The first-order valence-electron chi connectivity index (χ1n) is 3.15. The number of nitrogens with two attached hydrogens (primary N) is 1. The Labute approximate surface area is 54.2 Å². The number of rotatable bonds is 0. The van der Waals surface area contributed by atoms with Gasteiger partial charge in [-0.05, 0) is 6.42 Å². The standard InChI is InChI=1S/C6H11NO2/c1-4-2-3-5(8)9-6(4)7/h4,6H,2-3,7H2,1H3. The maximum absolute atomic E-state index is 10.5. The highest BCUT2D eigenvalue weighted by Crippen LogP contribution is 2.16. The molecule has 1 aliphatic rings. The summed E-state index contributed by atoms with van der Waals surface area (Å²) in [6.45, 7) is 1.98. The van der Waals surface area contributed by atoms with Crippen LogP contribution in [0.5, 0.6) is 0 Å². The lowest BCUT2D eigenvalue weighted by molar-refractivity contribution is -0.157. The second kappa shape index (κ2) is 2.35. The van der Waals surface area contributed by atoms with Crippen molar-refractivity contribution < 1.29 is 9.53 Å². The van der Waals surface area contributed by atoms with Gasteiger partial charge in [-0.15, -0.1) is 0 Å². The molecule has 1 saturated heterocycles. The van der Waals surface area contributed by atoms with Crippen molar-refractivity contribution in [1.82, 2.24) is 0 Å². The molecule has 3 heteroatoms. The molecule has 0 radical (unpaired) electrons. The minimum atomic E-state index is -0.369. The van der Waals surface area contributed by atoms with Crippen LogP contribution in [-0.2, 0) is 9.53 Å². The van der Waals surface area contributed by atoms with Crippen molar-refractivity contribution >= 4 is 5.97 Å². The van der Waals surface area contributed by atoms with E-state index < -0.39 is 0 Å². The second-order valence-corrected chi connectivity index (χ2v) is 2.47. The molecule has 0 aromatic carbocycles. The molecule has 3 nitrogen and oxygen atoms in total. The van der Waals surface area contributed by atoms with E-state index in [1.807, 2.05) is 6.92 Å². The van der Waals surface area contributed by atoms with Crippen LogP contribution in [0.1, 0.15) is 19.8 Å². The van der Waals surface area contributed by atoms with Gasteiger partial charge in [-0.1, -0.05) is 6.92 Å². The number of carbonyl (C=O) groups excluding carboxylic acids is 1. The number of ether oxygens (including phenoxy) is 1. The molecule has 0 aromatic rings. The van der Waals surface area contributed by atoms with E-state index in [9.17, 15) is 4.79 Å². The normalized spacial score (nSPS) is 36.0. The summed E-state index contributed by atoms with van der Waals surface area (Å²) in [6.07, 6.45) is 1.01. The summed E-state index contributed by atoms with van der Waals surface area (Å²) in [5, 5.41) is 0. The summed E-state index contributed by atoms with van der Waals surface area (Å²) in [5.41, 5.74) is 5.43. The van der Waals surface area contributed by atoms with Crippen molar-refractivity contribution in [3.05, 3.63) is 0 Å².